The number of hydrogen-bond acceptors (Lipinski definition) is 8. The van der Waals surface area contributed by atoms with Crippen LogP contribution in [0.1, 0.15) is 44.2 Å². The van der Waals surface area contributed by atoms with Gasteiger partial charge >= 0.3 is 12.1 Å². The fourth-order valence-corrected chi connectivity index (χ4v) is 3.14. The first-order valence-electron chi connectivity index (χ1n) is 7.41. The van der Waals surface area contributed by atoms with Gasteiger partial charge in [0, 0.05) is 12.6 Å². The summed E-state index contributed by atoms with van der Waals surface area (Å²) in [7, 11) is 2.46. The number of rotatable bonds is 7. The van der Waals surface area contributed by atoms with Crippen molar-refractivity contribution < 1.29 is 28.7 Å². The van der Waals surface area contributed by atoms with E-state index in [4.69, 9.17) is 0 Å². The Kier molecular flexibility index (Phi) is 6.34. The van der Waals surface area contributed by atoms with E-state index in [1.807, 2.05) is 0 Å². The van der Waals surface area contributed by atoms with Crippen LogP contribution in [-0.4, -0.2) is 60.3 Å². The predicted octanol–water partition coefficient (Wildman–Crippen LogP) is 1.33. The number of unbranched alkanes of at least 4 members (excludes halogenated alkanes) is 1. The highest BCUT2D eigenvalue weighted by Gasteiger charge is 2.34. The lowest BCUT2D eigenvalue weighted by molar-refractivity contribution is 0.0591. The number of fused-ring (bicyclic) bond motifs is 1. The van der Waals surface area contributed by atoms with Gasteiger partial charge in [-0.2, -0.15) is 5.10 Å². The molecule has 0 aliphatic heterocycles. The molecule has 134 valence electrons. The number of allylic oxidation sites excluding steroid dienone is 2. The molecule has 9 nitrogen and oxygen atoms in total. The number of aromatic amines is 1. The van der Waals surface area contributed by atoms with Crippen molar-refractivity contribution in [3.05, 3.63) is 27.9 Å². The molecule has 1 heterocycles. The topological polar surface area (TPSA) is 127 Å². The van der Waals surface area contributed by atoms with Crippen LogP contribution in [0.25, 0.3) is 0 Å². The molecule has 0 spiro atoms. The summed E-state index contributed by atoms with van der Waals surface area (Å²) < 4.78 is 9.03. The summed E-state index contributed by atoms with van der Waals surface area (Å²) >= 11 is 1.22. The third-order valence-corrected chi connectivity index (χ3v) is 4.49. The molecule has 0 saturated carbocycles. The van der Waals surface area contributed by atoms with Crippen LogP contribution in [0.15, 0.2) is 11.0 Å². The van der Waals surface area contributed by atoms with E-state index < -0.39 is 23.6 Å². The van der Waals surface area contributed by atoms with E-state index in [9.17, 15) is 19.2 Å². The molecule has 1 aromatic rings. The molecule has 0 saturated heterocycles. The highest BCUT2D eigenvalue weighted by atomic mass is 32.2. The normalized spacial score (nSPS) is 13.1. The molecule has 0 unspecified atom stereocenters. The summed E-state index contributed by atoms with van der Waals surface area (Å²) in [4.78, 5) is 47.4. The molecule has 0 aromatic carbocycles. The molecule has 25 heavy (non-hydrogen) atoms. The van der Waals surface area contributed by atoms with Crippen molar-refractivity contribution in [1.29, 1.82) is 0 Å². The molecule has 1 aromatic heterocycles. The zero-order valence-corrected chi connectivity index (χ0v) is 14.5. The van der Waals surface area contributed by atoms with Gasteiger partial charge < -0.3 is 14.8 Å². The Labute approximate surface area is 147 Å². The van der Waals surface area contributed by atoms with Crippen LogP contribution < -0.4 is 5.32 Å². The van der Waals surface area contributed by atoms with Gasteiger partial charge in [-0.1, -0.05) is 0 Å². The lowest BCUT2D eigenvalue weighted by Gasteiger charge is -2.11. The van der Waals surface area contributed by atoms with Crippen molar-refractivity contribution in [2.24, 2.45) is 0 Å². The minimum Gasteiger partial charge on any atom is -0.464 e. The maximum atomic E-state index is 12.5. The van der Waals surface area contributed by atoms with Crippen LogP contribution in [0.4, 0.5) is 4.79 Å². The van der Waals surface area contributed by atoms with E-state index in [0.717, 1.165) is 6.42 Å². The summed E-state index contributed by atoms with van der Waals surface area (Å²) in [5.74, 6) is -1.04. The van der Waals surface area contributed by atoms with Crippen molar-refractivity contribution in [1.82, 2.24) is 15.5 Å². The molecule has 0 radical (unpaired) electrons. The van der Waals surface area contributed by atoms with Crippen molar-refractivity contribution >= 4 is 35.4 Å². The monoisotopic (exact) mass is 367 g/mol. The number of esters is 1. The highest BCUT2D eigenvalue weighted by molar-refractivity contribution is 8.04. The summed E-state index contributed by atoms with van der Waals surface area (Å²) in [6, 6.07) is 0. The number of thioether (sulfide) groups is 1. The second-order valence-electron chi connectivity index (χ2n) is 4.99. The summed E-state index contributed by atoms with van der Waals surface area (Å²) in [6.07, 6.45) is 2.16. The third kappa shape index (κ3) is 4.27. The van der Waals surface area contributed by atoms with Gasteiger partial charge in [0.25, 0.3) is 0 Å². The van der Waals surface area contributed by atoms with E-state index in [1.54, 1.807) is 0 Å². The molecule has 0 fully saturated rings. The van der Waals surface area contributed by atoms with Gasteiger partial charge in [-0.15, -0.1) is 11.8 Å². The van der Waals surface area contributed by atoms with Gasteiger partial charge in [-0.3, -0.25) is 14.7 Å². The summed E-state index contributed by atoms with van der Waals surface area (Å²) in [6.45, 7) is 0.456. The van der Waals surface area contributed by atoms with Crippen LogP contribution in [0.3, 0.4) is 0 Å². The minimum atomic E-state index is -0.779. The van der Waals surface area contributed by atoms with Gasteiger partial charge in [0.15, 0.2) is 5.69 Å². The number of methoxy groups -OCH3 is 2. The summed E-state index contributed by atoms with van der Waals surface area (Å²) in [5, 5.41) is 8.68. The quantitative estimate of drug-likeness (QED) is 0.546. The Balaban J connectivity index is 1.94. The number of ether oxygens (including phenoxy) is 2. The Morgan fingerprint density at radius 3 is 2.68 bits per heavy atom. The Hall–Kier alpha value is -2.62. The maximum absolute atomic E-state index is 12.5. The SMILES string of the molecule is COC(=O)NCCCCSC1=CC(=O)c2[nH]nc(C(=O)OC)c2C1=O. The van der Waals surface area contributed by atoms with Crippen LogP contribution in [0.5, 0.6) is 0 Å². The van der Waals surface area contributed by atoms with Crippen LogP contribution in [-0.2, 0) is 9.47 Å². The van der Waals surface area contributed by atoms with Crippen molar-refractivity contribution in [2.75, 3.05) is 26.5 Å². The zero-order chi connectivity index (χ0) is 18.4. The number of hydrogen-bond donors (Lipinski definition) is 2. The standard InChI is InChI=1S/C15H17N3O6S/c1-23-14(21)12-10-11(17-18-12)8(19)7-9(13(10)20)25-6-4-3-5-16-15(22)24-2/h7H,3-6H2,1-2H3,(H,16,22)(H,17,18). The van der Waals surface area contributed by atoms with Crippen molar-refractivity contribution in [3.63, 3.8) is 0 Å². The lowest BCUT2D eigenvalue weighted by atomic mass is 9.99. The number of Topliss-reactive ketones (excluding diaryl/α,β-unsaturated/α-hetero) is 1. The molecule has 1 aliphatic rings. The number of ketones is 2. The molecular weight excluding hydrogens is 350 g/mol. The first kappa shape index (κ1) is 18.7. The molecule has 1 amide bonds. The van der Waals surface area contributed by atoms with Crippen LogP contribution in [0.2, 0.25) is 0 Å². The van der Waals surface area contributed by atoms with Gasteiger partial charge in [0.1, 0.15) is 5.69 Å². The molecular formula is C15H17N3O6S. The second kappa shape index (κ2) is 8.47. The largest absolute Gasteiger partial charge is 0.464 e. The smallest absolute Gasteiger partial charge is 0.406 e. The number of carbonyl (C=O) groups excluding carboxylic acids is 4. The van der Waals surface area contributed by atoms with Gasteiger partial charge in [0.05, 0.1) is 24.7 Å². The molecule has 1 aliphatic carbocycles. The fraction of sp³-hybridized carbons (Fsp3) is 0.400. The number of H-pyrrole nitrogens is 1. The Bertz CT molecular complexity index is 740. The number of nitrogens with one attached hydrogen (secondary N) is 2. The average Bonchev–Trinajstić information content (AvgIpc) is 3.06. The fourth-order valence-electron chi connectivity index (χ4n) is 2.14. The van der Waals surface area contributed by atoms with E-state index in [2.05, 4.69) is 25.0 Å². The lowest BCUT2D eigenvalue weighted by Crippen LogP contribution is -2.24. The van der Waals surface area contributed by atoms with E-state index >= 15 is 0 Å². The molecule has 0 bridgehead atoms. The third-order valence-electron chi connectivity index (χ3n) is 3.39. The molecule has 0 atom stereocenters. The maximum Gasteiger partial charge on any atom is 0.406 e. The molecule has 2 N–H and O–H groups in total. The number of carbonyl (C=O) groups is 4. The average molecular weight is 367 g/mol. The number of alkyl carbamates (subject to hydrolysis) is 1. The Morgan fingerprint density at radius 1 is 1.24 bits per heavy atom. The first-order valence-corrected chi connectivity index (χ1v) is 8.40. The van der Waals surface area contributed by atoms with Crippen LogP contribution >= 0.6 is 11.8 Å². The summed E-state index contributed by atoms with van der Waals surface area (Å²) in [5.41, 5.74) is -0.240. The first-order chi connectivity index (χ1) is 12.0. The second-order valence-corrected chi connectivity index (χ2v) is 6.13. The predicted molar refractivity (Wildman–Crippen MR) is 88.8 cm³/mol. The van der Waals surface area contributed by atoms with Gasteiger partial charge in [0.2, 0.25) is 11.6 Å². The zero-order valence-electron chi connectivity index (χ0n) is 13.7. The van der Waals surface area contributed by atoms with E-state index in [1.165, 1.54) is 32.1 Å². The molecule has 10 heteroatoms. The number of amides is 1. The Morgan fingerprint density at radius 2 is 2.00 bits per heavy atom. The number of nitrogens with zero attached hydrogens (tertiary/aromatic N) is 1. The minimum absolute atomic E-state index is 0.00275. The van der Waals surface area contributed by atoms with Crippen molar-refractivity contribution in [3.8, 4) is 0 Å². The highest BCUT2D eigenvalue weighted by Crippen LogP contribution is 2.30. The van der Waals surface area contributed by atoms with E-state index in [-0.39, 0.29) is 21.9 Å². The van der Waals surface area contributed by atoms with E-state index in [0.29, 0.717) is 18.7 Å². The van der Waals surface area contributed by atoms with Gasteiger partial charge in [-0.05, 0) is 18.6 Å². The number of aromatic nitrogens is 2. The van der Waals surface area contributed by atoms with Crippen LogP contribution in [0, 0.1) is 0 Å². The molecule has 2 rings (SSSR count). The van der Waals surface area contributed by atoms with Crippen molar-refractivity contribution in [2.45, 2.75) is 12.8 Å². The van der Waals surface area contributed by atoms with Gasteiger partial charge in [-0.25, -0.2) is 9.59 Å².